The molecular formula is C19H25FN2O3. The summed E-state index contributed by atoms with van der Waals surface area (Å²) < 4.78 is 18.6. The highest BCUT2D eigenvalue weighted by Gasteiger charge is 2.31. The molecule has 1 unspecified atom stereocenters. The van der Waals surface area contributed by atoms with Crippen molar-refractivity contribution in [2.75, 3.05) is 19.7 Å². The average Bonchev–Trinajstić information content (AvgIpc) is 3.15. The zero-order chi connectivity index (χ0) is 17.6. The molecule has 5 nitrogen and oxygen atoms in total. The van der Waals surface area contributed by atoms with Crippen LogP contribution in [0.25, 0.3) is 0 Å². The third-order valence-electron chi connectivity index (χ3n) is 4.91. The summed E-state index contributed by atoms with van der Waals surface area (Å²) in [6.45, 7) is 2.00. The Morgan fingerprint density at radius 2 is 2.04 bits per heavy atom. The van der Waals surface area contributed by atoms with Crippen molar-refractivity contribution < 1.29 is 18.7 Å². The summed E-state index contributed by atoms with van der Waals surface area (Å²) in [5, 5.41) is 3.03. The van der Waals surface area contributed by atoms with E-state index in [1.165, 1.54) is 12.1 Å². The zero-order valence-corrected chi connectivity index (χ0v) is 14.4. The molecule has 1 N–H and O–H groups in total. The molecule has 1 aromatic rings. The molecular weight excluding hydrogens is 323 g/mol. The molecule has 2 amide bonds. The van der Waals surface area contributed by atoms with E-state index in [9.17, 15) is 14.0 Å². The van der Waals surface area contributed by atoms with Gasteiger partial charge in [0.25, 0.3) is 5.91 Å². The van der Waals surface area contributed by atoms with Gasteiger partial charge >= 0.3 is 0 Å². The SMILES string of the molecule is O=C(CCc1cccc(F)c1)NC1CCN(C(=O)C2CCCO2)CC1. The van der Waals surface area contributed by atoms with Crippen LogP contribution < -0.4 is 5.32 Å². The lowest BCUT2D eigenvalue weighted by Crippen LogP contribution is -2.49. The number of nitrogens with zero attached hydrogens (tertiary/aromatic N) is 1. The third kappa shape index (κ3) is 5.01. The first-order valence-electron chi connectivity index (χ1n) is 9.06. The Morgan fingerprint density at radius 3 is 2.72 bits per heavy atom. The Balaban J connectivity index is 1.38. The van der Waals surface area contributed by atoms with Crippen LogP contribution in [0, 0.1) is 5.82 Å². The smallest absolute Gasteiger partial charge is 0.251 e. The topological polar surface area (TPSA) is 58.6 Å². The number of amides is 2. The van der Waals surface area contributed by atoms with Crippen LogP contribution >= 0.6 is 0 Å². The Bertz CT molecular complexity index is 608. The number of hydrogen-bond acceptors (Lipinski definition) is 3. The highest BCUT2D eigenvalue weighted by molar-refractivity contribution is 5.81. The van der Waals surface area contributed by atoms with Crippen LogP contribution in [0.2, 0.25) is 0 Å². The van der Waals surface area contributed by atoms with Gasteiger partial charge in [-0.1, -0.05) is 12.1 Å². The number of ether oxygens (including phenoxy) is 1. The lowest BCUT2D eigenvalue weighted by atomic mass is 10.0. The van der Waals surface area contributed by atoms with E-state index in [0.29, 0.717) is 32.5 Å². The molecule has 0 aliphatic carbocycles. The zero-order valence-electron chi connectivity index (χ0n) is 14.4. The molecule has 0 saturated carbocycles. The van der Waals surface area contributed by atoms with Crippen LogP contribution in [-0.2, 0) is 20.7 Å². The number of piperidine rings is 1. The molecule has 136 valence electrons. The van der Waals surface area contributed by atoms with Gasteiger partial charge in [-0.2, -0.15) is 0 Å². The molecule has 0 bridgehead atoms. The number of carbonyl (C=O) groups is 2. The van der Waals surface area contributed by atoms with Gasteiger partial charge in [-0.15, -0.1) is 0 Å². The fraction of sp³-hybridized carbons (Fsp3) is 0.579. The Kier molecular flexibility index (Phi) is 6.02. The predicted molar refractivity (Wildman–Crippen MR) is 91.4 cm³/mol. The largest absolute Gasteiger partial charge is 0.368 e. The molecule has 1 atom stereocenters. The van der Waals surface area contributed by atoms with Crippen molar-refractivity contribution in [2.45, 2.75) is 50.7 Å². The number of aryl methyl sites for hydroxylation is 1. The number of carbonyl (C=O) groups excluding carboxylic acids is 2. The highest BCUT2D eigenvalue weighted by Crippen LogP contribution is 2.18. The van der Waals surface area contributed by atoms with Gasteiger partial charge in [0.05, 0.1) is 0 Å². The minimum atomic E-state index is -0.277. The van der Waals surface area contributed by atoms with Crippen molar-refractivity contribution in [2.24, 2.45) is 0 Å². The predicted octanol–water partition coefficient (Wildman–Crippen LogP) is 2.04. The van der Waals surface area contributed by atoms with Crippen LogP contribution in [0.4, 0.5) is 4.39 Å². The monoisotopic (exact) mass is 348 g/mol. The van der Waals surface area contributed by atoms with E-state index in [2.05, 4.69) is 5.32 Å². The van der Waals surface area contributed by atoms with Gasteiger partial charge in [-0.25, -0.2) is 4.39 Å². The molecule has 2 saturated heterocycles. The van der Waals surface area contributed by atoms with Crippen molar-refractivity contribution >= 4 is 11.8 Å². The van der Waals surface area contributed by atoms with Crippen molar-refractivity contribution in [1.82, 2.24) is 10.2 Å². The summed E-state index contributed by atoms with van der Waals surface area (Å²) in [6, 6.07) is 6.45. The van der Waals surface area contributed by atoms with E-state index in [1.54, 1.807) is 6.07 Å². The summed E-state index contributed by atoms with van der Waals surface area (Å²) >= 11 is 0. The molecule has 2 aliphatic heterocycles. The van der Waals surface area contributed by atoms with E-state index < -0.39 is 0 Å². The summed E-state index contributed by atoms with van der Waals surface area (Å²) in [6.07, 6.45) is 3.91. The van der Waals surface area contributed by atoms with Crippen molar-refractivity contribution in [3.05, 3.63) is 35.6 Å². The van der Waals surface area contributed by atoms with E-state index in [-0.39, 0.29) is 29.8 Å². The lowest BCUT2D eigenvalue weighted by Gasteiger charge is -2.33. The second-order valence-electron chi connectivity index (χ2n) is 6.80. The molecule has 1 aromatic carbocycles. The van der Waals surface area contributed by atoms with Gasteiger partial charge in [0.2, 0.25) is 5.91 Å². The molecule has 25 heavy (non-hydrogen) atoms. The van der Waals surface area contributed by atoms with Crippen molar-refractivity contribution in [3.8, 4) is 0 Å². The second-order valence-corrected chi connectivity index (χ2v) is 6.80. The Hall–Kier alpha value is -1.95. The maximum absolute atomic E-state index is 13.1. The Labute approximate surface area is 147 Å². The fourth-order valence-corrected chi connectivity index (χ4v) is 3.47. The number of rotatable bonds is 5. The lowest BCUT2D eigenvalue weighted by molar-refractivity contribution is -0.142. The first-order chi connectivity index (χ1) is 12.1. The van der Waals surface area contributed by atoms with Crippen LogP contribution in [-0.4, -0.2) is 48.6 Å². The van der Waals surface area contributed by atoms with E-state index >= 15 is 0 Å². The molecule has 0 spiro atoms. The Morgan fingerprint density at radius 1 is 1.24 bits per heavy atom. The maximum Gasteiger partial charge on any atom is 0.251 e. The van der Waals surface area contributed by atoms with Gasteiger partial charge in [0, 0.05) is 32.2 Å². The maximum atomic E-state index is 13.1. The van der Waals surface area contributed by atoms with Crippen LogP contribution in [0.3, 0.4) is 0 Å². The number of halogens is 1. The van der Waals surface area contributed by atoms with Crippen LogP contribution in [0.5, 0.6) is 0 Å². The quantitative estimate of drug-likeness (QED) is 0.886. The molecule has 2 fully saturated rings. The summed E-state index contributed by atoms with van der Waals surface area (Å²) in [4.78, 5) is 26.2. The van der Waals surface area contributed by atoms with Gasteiger partial charge in [0.15, 0.2) is 0 Å². The summed E-state index contributed by atoms with van der Waals surface area (Å²) in [5.74, 6) is -0.206. The minimum absolute atomic E-state index is 0.0202. The fourth-order valence-electron chi connectivity index (χ4n) is 3.47. The van der Waals surface area contributed by atoms with Gasteiger partial charge < -0.3 is 15.0 Å². The molecule has 6 heteroatoms. The molecule has 2 heterocycles. The summed E-state index contributed by atoms with van der Waals surface area (Å²) in [5.41, 5.74) is 0.826. The number of likely N-dealkylation sites (tertiary alicyclic amines) is 1. The number of benzene rings is 1. The number of nitrogens with one attached hydrogen (secondary N) is 1. The molecule has 2 aliphatic rings. The van der Waals surface area contributed by atoms with Crippen molar-refractivity contribution in [3.63, 3.8) is 0 Å². The average molecular weight is 348 g/mol. The van der Waals surface area contributed by atoms with E-state index in [4.69, 9.17) is 4.74 Å². The first-order valence-corrected chi connectivity index (χ1v) is 9.06. The van der Waals surface area contributed by atoms with Gasteiger partial charge in [0.1, 0.15) is 11.9 Å². The highest BCUT2D eigenvalue weighted by atomic mass is 19.1. The van der Waals surface area contributed by atoms with E-state index in [0.717, 1.165) is 31.2 Å². The third-order valence-corrected chi connectivity index (χ3v) is 4.91. The van der Waals surface area contributed by atoms with Crippen LogP contribution in [0.15, 0.2) is 24.3 Å². The van der Waals surface area contributed by atoms with E-state index in [1.807, 2.05) is 11.0 Å². The number of hydrogen-bond donors (Lipinski definition) is 1. The van der Waals surface area contributed by atoms with Gasteiger partial charge in [-0.05, 0) is 49.8 Å². The normalized spacial score (nSPS) is 21.3. The van der Waals surface area contributed by atoms with Crippen molar-refractivity contribution in [1.29, 1.82) is 0 Å². The first kappa shape index (κ1) is 17.9. The molecule has 3 rings (SSSR count). The standard InChI is InChI=1S/C19H25FN2O3/c20-15-4-1-3-14(13-15)6-7-18(23)21-16-8-10-22(11-9-16)19(24)17-5-2-12-25-17/h1,3-4,13,16-17H,2,5-12H2,(H,21,23). The minimum Gasteiger partial charge on any atom is -0.368 e. The van der Waals surface area contributed by atoms with Crippen LogP contribution in [0.1, 0.15) is 37.7 Å². The summed E-state index contributed by atoms with van der Waals surface area (Å²) in [7, 11) is 0. The second kappa shape index (κ2) is 8.43. The molecule has 0 aromatic heterocycles. The van der Waals surface area contributed by atoms with Gasteiger partial charge in [-0.3, -0.25) is 9.59 Å². The molecule has 0 radical (unpaired) electrons.